The zero-order valence-corrected chi connectivity index (χ0v) is 34.9. The Balaban J connectivity index is 1.33. The highest BCUT2D eigenvalue weighted by Crippen LogP contribution is 2.35. The summed E-state index contributed by atoms with van der Waals surface area (Å²) in [7, 11) is 1.34. The van der Waals surface area contributed by atoms with Crippen LogP contribution in [0.25, 0.3) is 6.08 Å². The number of aliphatic hydroxyl groups excluding tert-OH is 10. The third-order valence-corrected chi connectivity index (χ3v) is 11.3. The maximum Gasteiger partial charge on any atom is 0.331 e. The first-order valence-corrected chi connectivity index (χ1v) is 20.5. The van der Waals surface area contributed by atoms with Crippen molar-refractivity contribution in [2.75, 3.05) is 33.5 Å². The molecule has 0 spiro atoms. The Kier molecular flexibility index (Phi) is 17.3. The highest BCUT2D eigenvalue weighted by molar-refractivity contribution is 5.87. The van der Waals surface area contributed by atoms with E-state index in [1.807, 2.05) is 0 Å². The van der Waals surface area contributed by atoms with Crippen LogP contribution in [-0.2, 0) is 53.8 Å². The van der Waals surface area contributed by atoms with E-state index in [9.17, 15) is 71.2 Å². The molecule has 0 aromatic heterocycles. The van der Waals surface area contributed by atoms with Gasteiger partial charge < -0.3 is 114 Å². The van der Waals surface area contributed by atoms with Crippen molar-refractivity contribution >= 4 is 12.0 Å². The van der Waals surface area contributed by atoms with Crippen molar-refractivity contribution < 1.29 is 119 Å². The van der Waals surface area contributed by atoms with Crippen molar-refractivity contribution in [2.45, 2.75) is 130 Å². The Morgan fingerprint density at radius 2 is 1.37 bits per heavy atom. The number of benzene rings is 2. The van der Waals surface area contributed by atoms with Crippen LogP contribution in [0.4, 0.5) is 0 Å². The van der Waals surface area contributed by atoms with Crippen molar-refractivity contribution in [3.63, 3.8) is 0 Å². The molecule has 4 fully saturated rings. The third kappa shape index (κ3) is 11.8. The zero-order chi connectivity index (χ0) is 47.3. The first kappa shape index (κ1) is 50.5. The summed E-state index contributed by atoms with van der Waals surface area (Å²) in [4.78, 5) is 13.7. The van der Waals surface area contributed by atoms with Crippen molar-refractivity contribution in [1.82, 2.24) is 0 Å². The lowest BCUT2D eigenvalue weighted by Crippen LogP contribution is -2.66. The normalized spacial score (nSPS) is 39.0. The lowest BCUT2D eigenvalue weighted by Gasteiger charge is -2.48. The maximum absolute atomic E-state index is 13.7. The van der Waals surface area contributed by atoms with Crippen LogP contribution in [0.3, 0.4) is 0 Å². The van der Waals surface area contributed by atoms with Crippen LogP contribution < -0.4 is 4.74 Å². The van der Waals surface area contributed by atoms with Gasteiger partial charge in [-0.1, -0.05) is 12.1 Å². The average molecular weight is 933 g/mol. The molecule has 65 heavy (non-hydrogen) atoms. The van der Waals surface area contributed by atoms with Crippen LogP contribution in [0.5, 0.6) is 23.0 Å². The third-order valence-electron chi connectivity index (χ3n) is 11.3. The van der Waals surface area contributed by atoms with Gasteiger partial charge in [-0.05, 0) is 54.8 Å². The average Bonchev–Trinajstić information content (AvgIpc) is 3.28. The van der Waals surface area contributed by atoms with Gasteiger partial charge in [0.15, 0.2) is 54.3 Å². The fourth-order valence-electron chi connectivity index (χ4n) is 7.49. The second-order valence-corrected chi connectivity index (χ2v) is 15.8. The van der Waals surface area contributed by atoms with Gasteiger partial charge in [0.2, 0.25) is 0 Å². The molecule has 0 bridgehead atoms. The van der Waals surface area contributed by atoms with Gasteiger partial charge >= 0.3 is 5.97 Å². The number of aromatic hydroxyl groups is 3. The Morgan fingerprint density at radius 1 is 0.677 bits per heavy atom. The number of phenols is 3. The molecule has 0 radical (unpaired) electrons. The molecule has 6 rings (SSSR count). The molecule has 13 N–H and O–H groups in total. The Bertz CT molecular complexity index is 1880. The second-order valence-electron chi connectivity index (χ2n) is 15.8. The summed E-state index contributed by atoms with van der Waals surface area (Å²) in [5.41, 5.74) is 0.791. The molecule has 364 valence electrons. The number of aliphatic hydroxyl groups is 10. The molecule has 2 aromatic rings. The first-order valence-electron chi connectivity index (χ1n) is 20.5. The van der Waals surface area contributed by atoms with Gasteiger partial charge in [-0.25, -0.2) is 4.79 Å². The smallest absolute Gasteiger partial charge is 0.331 e. The predicted octanol–water partition coefficient (Wildman–Crippen LogP) is -4.43. The molecule has 4 aliphatic heterocycles. The van der Waals surface area contributed by atoms with Crippen LogP contribution in [0, 0.1) is 0 Å². The SMILES string of the molecule is COc1ccc(/C=C/C(=O)O[C@H]2[C@H](O[C@@H]3O[C@@H](C)[C@H](O)[C@@H](O)[C@H]3O[C@@H]3OC[C@H](O)[C@H](O)[C@H]3O)[C@@H](O)[C@H](OCCc3ccc(O)c(O)c3)O[C@@H]2CO[C@@H]2O[C@H](CO)[C@@H](O)[C@H](O)[C@H]2O)cc1O. The molecule has 4 heterocycles. The molecule has 4 aliphatic rings. The molecule has 19 atom stereocenters. The number of esters is 1. The number of phenolic OH excluding ortho intramolecular Hbond substituents is 3. The van der Waals surface area contributed by atoms with E-state index in [4.69, 9.17) is 47.4 Å². The van der Waals surface area contributed by atoms with Gasteiger partial charge in [0.1, 0.15) is 79.4 Å². The van der Waals surface area contributed by atoms with Crippen LogP contribution in [-0.4, -0.2) is 223 Å². The number of carbonyl (C=O) groups is 1. The van der Waals surface area contributed by atoms with E-state index < -0.39 is 148 Å². The Morgan fingerprint density at radius 3 is 2.06 bits per heavy atom. The number of ether oxygens (including phenoxy) is 10. The molecule has 2 aromatic carbocycles. The molecular formula is C41H56O24. The predicted molar refractivity (Wildman–Crippen MR) is 211 cm³/mol. The van der Waals surface area contributed by atoms with Gasteiger partial charge in [-0.2, -0.15) is 0 Å². The summed E-state index contributed by atoms with van der Waals surface area (Å²) in [5, 5.41) is 136. The van der Waals surface area contributed by atoms with Crippen LogP contribution in [0.1, 0.15) is 18.1 Å². The molecule has 0 unspecified atom stereocenters. The summed E-state index contributed by atoms with van der Waals surface area (Å²) >= 11 is 0. The van der Waals surface area contributed by atoms with Gasteiger partial charge in [0.25, 0.3) is 0 Å². The number of carbonyl (C=O) groups excluding carboxylic acids is 1. The molecule has 24 heteroatoms. The summed E-state index contributed by atoms with van der Waals surface area (Å²) < 4.78 is 57.6. The summed E-state index contributed by atoms with van der Waals surface area (Å²) in [6.45, 7) is -0.932. The van der Waals surface area contributed by atoms with Gasteiger partial charge in [-0.3, -0.25) is 0 Å². The molecule has 0 aliphatic carbocycles. The second kappa shape index (κ2) is 22.3. The minimum Gasteiger partial charge on any atom is -0.504 e. The van der Waals surface area contributed by atoms with E-state index >= 15 is 0 Å². The van der Waals surface area contributed by atoms with Crippen molar-refractivity contribution in [3.8, 4) is 23.0 Å². The van der Waals surface area contributed by atoms with E-state index in [1.54, 1.807) is 0 Å². The molecule has 0 amide bonds. The Hall–Kier alpha value is -3.87. The molecule has 24 nitrogen and oxygen atoms in total. The molecule has 0 saturated carbocycles. The summed E-state index contributed by atoms with van der Waals surface area (Å²) in [6, 6.07) is 8.23. The minimum absolute atomic E-state index is 0.0651. The van der Waals surface area contributed by atoms with Crippen LogP contribution in [0.2, 0.25) is 0 Å². The van der Waals surface area contributed by atoms with Gasteiger partial charge in [0.05, 0.1) is 39.6 Å². The largest absolute Gasteiger partial charge is 0.504 e. The zero-order valence-electron chi connectivity index (χ0n) is 34.9. The van der Waals surface area contributed by atoms with Crippen molar-refractivity contribution in [1.29, 1.82) is 0 Å². The number of hydrogen-bond acceptors (Lipinski definition) is 24. The van der Waals surface area contributed by atoms with E-state index in [0.29, 0.717) is 11.1 Å². The van der Waals surface area contributed by atoms with Crippen LogP contribution in [0.15, 0.2) is 42.5 Å². The molecular weight excluding hydrogens is 876 g/mol. The number of hydrogen-bond donors (Lipinski definition) is 13. The summed E-state index contributed by atoms with van der Waals surface area (Å²) in [6.07, 6.45) is -30.5. The van der Waals surface area contributed by atoms with E-state index in [2.05, 4.69) is 0 Å². The standard InChI is InChI=1S/C41H56O24/c1-16-27(48)31(52)37(65-39-32(53)28(49)22(46)14-58-39)41(60-16)64-36-34(55)40(57-10-9-18-3-6-19(43)20(44)11-18)62-25(15-59-38-33(54)30(51)29(50)24(13-42)61-38)35(36)63-26(47)8-5-17-4-7-23(56-2)21(45)12-17/h3-8,11-12,16,22,24-25,27-46,48-55H,9-10,13-15H2,1-2H3/b8-5+/t16-,22-,24+,25+,27-,28-,29+,30-,31+,32+,33+,34+,35+,36+,37+,38+,39-,40+,41-/m0/s1. The monoisotopic (exact) mass is 932 g/mol. The highest BCUT2D eigenvalue weighted by atomic mass is 16.8. The Labute approximate surface area is 370 Å². The highest BCUT2D eigenvalue weighted by Gasteiger charge is 2.55. The quantitative estimate of drug-likeness (QED) is 0.0429. The van der Waals surface area contributed by atoms with E-state index in [0.717, 1.165) is 6.08 Å². The topological polar surface area (TPSA) is 372 Å². The van der Waals surface area contributed by atoms with Crippen molar-refractivity contribution in [3.05, 3.63) is 53.6 Å². The summed E-state index contributed by atoms with van der Waals surface area (Å²) in [5.74, 6) is -2.00. The first-order chi connectivity index (χ1) is 30.9. The lowest BCUT2D eigenvalue weighted by molar-refractivity contribution is -0.383. The van der Waals surface area contributed by atoms with Gasteiger partial charge in [-0.15, -0.1) is 0 Å². The fraction of sp³-hybridized carbons (Fsp3) is 0.634. The van der Waals surface area contributed by atoms with Gasteiger partial charge in [0, 0.05) is 6.08 Å². The van der Waals surface area contributed by atoms with Crippen LogP contribution >= 0.6 is 0 Å². The lowest BCUT2D eigenvalue weighted by atomic mass is 9.96. The number of rotatable bonds is 16. The van der Waals surface area contributed by atoms with E-state index in [-0.39, 0.29) is 30.3 Å². The molecule has 4 saturated heterocycles. The van der Waals surface area contributed by atoms with E-state index in [1.165, 1.54) is 56.5 Å². The maximum atomic E-state index is 13.7. The number of methoxy groups -OCH3 is 1. The van der Waals surface area contributed by atoms with Crippen molar-refractivity contribution in [2.24, 2.45) is 0 Å². The minimum atomic E-state index is -1.95. The fourth-order valence-corrected chi connectivity index (χ4v) is 7.49.